The Labute approximate surface area is 191 Å². The highest BCUT2D eigenvalue weighted by Crippen LogP contribution is 2.23. The molecule has 7 heteroatoms. The third-order valence-electron chi connectivity index (χ3n) is 5.71. The van der Waals surface area contributed by atoms with Gasteiger partial charge in [0.15, 0.2) is 0 Å². The lowest BCUT2D eigenvalue weighted by Crippen LogP contribution is -2.34. The highest BCUT2D eigenvalue weighted by molar-refractivity contribution is 6.30. The molecule has 1 amide bonds. The normalized spacial score (nSPS) is 11.1. The molecule has 0 spiro atoms. The Hall–Kier alpha value is -3.38. The maximum atomic E-state index is 13.1. The van der Waals surface area contributed by atoms with Crippen LogP contribution in [0.15, 0.2) is 65.6 Å². The number of carbonyl (C=O) groups is 1. The maximum Gasteiger partial charge on any atom is 0.276 e. The zero-order chi connectivity index (χ0) is 22.7. The molecular formula is C25H25ClN4O2. The number of benzene rings is 2. The quantitative estimate of drug-likeness (QED) is 0.466. The van der Waals surface area contributed by atoms with Crippen molar-refractivity contribution in [2.45, 2.75) is 33.4 Å². The van der Waals surface area contributed by atoms with Crippen molar-refractivity contribution in [2.75, 3.05) is 6.54 Å². The average molecular weight is 449 g/mol. The molecular weight excluding hydrogens is 424 g/mol. The molecule has 0 aliphatic rings. The third-order valence-corrected chi connectivity index (χ3v) is 5.94. The topological polar surface area (TPSA) is 68.9 Å². The monoisotopic (exact) mass is 448 g/mol. The fraction of sp³-hybridized carbons (Fsp3) is 0.240. The van der Waals surface area contributed by atoms with E-state index in [1.54, 1.807) is 6.20 Å². The molecule has 0 saturated carbocycles. The van der Waals surface area contributed by atoms with E-state index in [0.29, 0.717) is 23.5 Å². The van der Waals surface area contributed by atoms with Crippen LogP contribution >= 0.6 is 11.6 Å². The summed E-state index contributed by atoms with van der Waals surface area (Å²) in [5.74, 6) is -0.234. The van der Waals surface area contributed by atoms with Crippen molar-refractivity contribution in [3.63, 3.8) is 0 Å². The first-order chi connectivity index (χ1) is 15.4. The van der Waals surface area contributed by atoms with Crippen LogP contribution in [0.1, 0.15) is 22.5 Å². The van der Waals surface area contributed by atoms with E-state index in [1.807, 2.05) is 68.4 Å². The number of hydrogen-bond acceptors (Lipinski definition) is 3. The van der Waals surface area contributed by atoms with Crippen molar-refractivity contribution in [3.05, 3.63) is 98.7 Å². The summed E-state index contributed by atoms with van der Waals surface area (Å²) in [4.78, 5) is 25.5. The zero-order valence-electron chi connectivity index (χ0n) is 18.1. The molecule has 4 rings (SSSR count). The lowest BCUT2D eigenvalue weighted by Gasteiger charge is -2.09. The number of nitrogens with zero attached hydrogens (tertiary/aromatic N) is 3. The lowest BCUT2D eigenvalue weighted by molar-refractivity contribution is -0.121. The van der Waals surface area contributed by atoms with E-state index in [9.17, 15) is 9.59 Å². The van der Waals surface area contributed by atoms with E-state index in [4.69, 9.17) is 11.6 Å². The van der Waals surface area contributed by atoms with Gasteiger partial charge in [-0.05, 0) is 43.5 Å². The van der Waals surface area contributed by atoms with Crippen LogP contribution in [0.5, 0.6) is 0 Å². The third kappa shape index (κ3) is 4.60. The summed E-state index contributed by atoms with van der Waals surface area (Å²) < 4.78 is 3.32. The van der Waals surface area contributed by atoms with Crippen LogP contribution < -0.4 is 10.9 Å². The van der Waals surface area contributed by atoms with Gasteiger partial charge in [0, 0.05) is 34.9 Å². The summed E-state index contributed by atoms with van der Waals surface area (Å²) in [6.45, 7) is 4.90. The molecule has 0 fully saturated rings. The van der Waals surface area contributed by atoms with Gasteiger partial charge in [-0.3, -0.25) is 9.59 Å². The van der Waals surface area contributed by atoms with E-state index in [1.165, 1.54) is 4.68 Å². The Morgan fingerprint density at radius 1 is 1.03 bits per heavy atom. The van der Waals surface area contributed by atoms with E-state index in [-0.39, 0.29) is 18.0 Å². The molecule has 0 atom stereocenters. The maximum absolute atomic E-state index is 13.1. The fourth-order valence-corrected chi connectivity index (χ4v) is 4.21. The molecule has 2 aromatic carbocycles. The number of amides is 1. The van der Waals surface area contributed by atoms with Gasteiger partial charge in [0.2, 0.25) is 5.91 Å². The predicted octanol–water partition coefficient (Wildman–Crippen LogP) is 3.88. The number of aromatic nitrogens is 3. The van der Waals surface area contributed by atoms with Gasteiger partial charge in [0.05, 0.1) is 11.6 Å². The summed E-state index contributed by atoms with van der Waals surface area (Å²) in [5.41, 5.74) is 3.75. The standard InChI is InChI=1S/C25H25ClN4O2/c1-17-22-14-28-30(16-23(31)27-12-11-19-7-4-3-5-8-19)25(32)24(22)18(2)29(17)15-20-9-6-10-21(26)13-20/h3-10,13-14H,11-12,15-16H2,1-2H3,(H,27,31). The number of nitrogens with one attached hydrogen (secondary N) is 1. The van der Waals surface area contributed by atoms with Crippen LogP contribution in [0, 0.1) is 13.8 Å². The molecule has 4 aromatic rings. The molecule has 0 bridgehead atoms. The van der Waals surface area contributed by atoms with Gasteiger partial charge in [-0.2, -0.15) is 5.10 Å². The molecule has 0 unspecified atom stereocenters. The highest BCUT2D eigenvalue weighted by Gasteiger charge is 2.17. The largest absolute Gasteiger partial charge is 0.354 e. The van der Waals surface area contributed by atoms with E-state index in [2.05, 4.69) is 15.0 Å². The molecule has 0 saturated heterocycles. The minimum Gasteiger partial charge on any atom is -0.354 e. The second kappa shape index (κ2) is 9.40. The fourth-order valence-electron chi connectivity index (χ4n) is 4.00. The minimum atomic E-state index is -0.258. The van der Waals surface area contributed by atoms with Crippen molar-refractivity contribution >= 4 is 28.3 Å². The number of aryl methyl sites for hydroxylation is 2. The van der Waals surface area contributed by atoms with E-state index >= 15 is 0 Å². The summed E-state index contributed by atoms with van der Waals surface area (Å²) in [5, 5.41) is 9.20. The Balaban J connectivity index is 1.52. The van der Waals surface area contributed by atoms with Crippen LogP contribution in [-0.2, 0) is 24.3 Å². The molecule has 32 heavy (non-hydrogen) atoms. The lowest BCUT2D eigenvalue weighted by atomic mass is 10.1. The first-order valence-corrected chi connectivity index (χ1v) is 10.9. The molecule has 6 nitrogen and oxygen atoms in total. The second-order valence-electron chi connectivity index (χ2n) is 7.87. The summed E-state index contributed by atoms with van der Waals surface area (Å²) >= 11 is 6.12. The second-order valence-corrected chi connectivity index (χ2v) is 8.30. The van der Waals surface area contributed by atoms with Gasteiger partial charge in [-0.15, -0.1) is 0 Å². The van der Waals surface area contributed by atoms with Crippen molar-refractivity contribution < 1.29 is 4.79 Å². The molecule has 0 radical (unpaired) electrons. The Kier molecular flexibility index (Phi) is 6.42. The van der Waals surface area contributed by atoms with Crippen molar-refractivity contribution in [2.24, 2.45) is 0 Å². The van der Waals surface area contributed by atoms with Gasteiger partial charge >= 0.3 is 0 Å². The molecule has 2 heterocycles. The van der Waals surface area contributed by atoms with Gasteiger partial charge in [-0.25, -0.2) is 4.68 Å². The van der Waals surface area contributed by atoms with Crippen molar-refractivity contribution in [1.29, 1.82) is 0 Å². The number of hydrogen-bond donors (Lipinski definition) is 1. The molecule has 1 N–H and O–H groups in total. The first-order valence-electron chi connectivity index (χ1n) is 10.5. The highest BCUT2D eigenvalue weighted by atomic mass is 35.5. The average Bonchev–Trinajstić information content (AvgIpc) is 3.01. The summed E-state index contributed by atoms with van der Waals surface area (Å²) in [6, 6.07) is 17.6. The van der Waals surface area contributed by atoms with Gasteiger partial charge in [0.1, 0.15) is 6.54 Å². The number of halogens is 1. The zero-order valence-corrected chi connectivity index (χ0v) is 18.9. The van der Waals surface area contributed by atoms with Crippen LogP contribution in [0.4, 0.5) is 0 Å². The van der Waals surface area contributed by atoms with Gasteiger partial charge in [-0.1, -0.05) is 54.1 Å². The molecule has 164 valence electrons. The molecule has 0 aliphatic carbocycles. The van der Waals surface area contributed by atoms with Crippen LogP contribution in [-0.4, -0.2) is 26.8 Å². The van der Waals surface area contributed by atoms with E-state index in [0.717, 1.165) is 34.3 Å². The summed E-state index contributed by atoms with van der Waals surface area (Å²) in [6.07, 6.45) is 2.41. The SMILES string of the molecule is Cc1c2cnn(CC(=O)NCCc3ccccc3)c(=O)c2c(C)n1Cc1cccc(Cl)c1. The number of carbonyl (C=O) groups excluding carboxylic acids is 1. The Morgan fingerprint density at radius 2 is 1.78 bits per heavy atom. The smallest absolute Gasteiger partial charge is 0.276 e. The van der Waals surface area contributed by atoms with Crippen molar-refractivity contribution in [3.8, 4) is 0 Å². The van der Waals surface area contributed by atoms with Crippen LogP contribution in [0.25, 0.3) is 10.8 Å². The van der Waals surface area contributed by atoms with Gasteiger partial charge in [0.25, 0.3) is 5.56 Å². The number of rotatable bonds is 7. The van der Waals surface area contributed by atoms with Crippen molar-refractivity contribution in [1.82, 2.24) is 19.7 Å². The Bertz CT molecular complexity index is 1330. The predicted molar refractivity (Wildman–Crippen MR) is 127 cm³/mol. The minimum absolute atomic E-state index is 0.110. The van der Waals surface area contributed by atoms with Gasteiger partial charge < -0.3 is 9.88 Å². The summed E-state index contributed by atoms with van der Waals surface area (Å²) in [7, 11) is 0. The molecule has 2 aromatic heterocycles. The van der Waals surface area contributed by atoms with Crippen LogP contribution in [0.2, 0.25) is 5.02 Å². The number of fused-ring (bicyclic) bond motifs is 1. The Morgan fingerprint density at radius 3 is 2.53 bits per heavy atom. The molecule has 0 aliphatic heterocycles. The van der Waals surface area contributed by atoms with E-state index < -0.39 is 0 Å². The van der Waals surface area contributed by atoms with Crippen LogP contribution in [0.3, 0.4) is 0 Å². The first kappa shape index (κ1) is 21.8.